The highest BCUT2D eigenvalue weighted by Gasteiger charge is 2.11. The number of nitrogen functional groups attached to an aromatic ring is 1. The van der Waals surface area contributed by atoms with E-state index >= 15 is 0 Å². The third-order valence-corrected chi connectivity index (χ3v) is 2.78. The molecule has 0 bridgehead atoms. The topological polar surface area (TPSA) is 69.6 Å². The average molecular weight is 231 g/mol. The van der Waals surface area contributed by atoms with Crippen LogP contribution < -0.4 is 5.73 Å². The smallest absolute Gasteiger partial charge is 0.131 e. The van der Waals surface area contributed by atoms with Gasteiger partial charge in [0, 0.05) is 30.3 Å². The first-order valence-electron chi connectivity index (χ1n) is 5.81. The lowest BCUT2D eigenvalue weighted by Gasteiger charge is -2.07. The second kappa shape index (κ2) is 4.53. The molecule has 2 rings (SSSR count). The van der Waals surface area contributed by atoms with E-state index in [9.17, 15) is 0 Å². The van der Waals surface area contributed by atoms with Crippen LogP contribution in [0.15, 0.2) is 12.4 Å². The van der Waals surface area contributed by atoms with Crippen LogP contribution in [0.5, 0.6) is 0 Å². The predicted molar refractivity (Wildman–Crippen MR) is 67.5 cm³/mol. The monoisotopic (exact) mass is 231 g/mol. The molecular weight excluding hydrogens is 214 g/mol. The number of hydrogen-bond acceptors (Lipinski definition) is 4. The standard InChI is InChI=1S/C12H17N5/c1-4-10-15-11(8(3)12(13)16-10)9-6-14-17(5-2)7-9/h6-7H,4-5H2,1-3H3,(H2,13,15,16). The Morgan fingerprint density at radius 1 is 1.29 bits per heavy atom. The molecule has 0 unspecified atom stereocenters. The Hall–Kier alpha value is -1.91. The minimum Gasteiger partial charge on any atom is -0.383 e. The molecule has 0 aromatic carbocycles. The molecule has 0 fully saturated rings. The van der Waals surface area contributed by atoms with E-state index in [1.165, 1.54) is 0 Å². The molecule has 0 spiro atoms. The van der Waals surface area contributed by atoms with Crippen molar-refractivity contribution in [3.8, 4) is 11.3 Å². The van der Waals surface area contributed by atoms with Gasteiger partial charge in [-0.1, -0.05) is 6.92 Å². The second-order valence-corrected chi connectivity index (χ2v) is 3.94. The fraction of sp³-hybridized carbons (Fsp3) is 0.417. The number of nitrogens with two attached hydrogens (primary N) is 1. The lowest BCUT2D eigenvalue weighted by Crippen LogP contribution is -2.03. The van der Waals surface area contributed by atoms with Crippen LogP contribution in [-0.2, 0) is 13.0 Å². The van der Waals surface area contributed by atoms with Crippen LogP contribution in [0, 0.1) is 6.92 Å². The van der Waals surface area contributed by atoms with Crippen molar-refractivity contribution in [3.05, 3.63) is 23.8 Å². The first-order chi connectivity index (χ1) is 8.15. The van der Waals surface area contributed by atoms with Gasteiger partial charge in [-0.25, -0.2) is 9.97 Å². The van der Waals surface area contributed by atoms with E-state index in [-0.39, 0.29) is 0 Å². The Morgan fingerprint density at radius 3 is 2.65 bits per heavy atom. The Kier molecular flexibility index (Phi) is 3.08. The Morgan fingerprint density at radius 2 is 2.06 bits per heavy atom. The van der Waals surface area contributed by atoms with Gasteiger partial charge >= 0.3 is 0 Å². The SMILES string of the molecule is CCc1nc(N)c(C)c(-c2cnn(CC)c2)n1. The molecule has 0 aliphatic rings. The van der Waals surface area contributed by atoms with Crippen molar-refractivity contribution in [3.63, 3.8) is 0 Å². The molecular formula is C12H17N5. The summed E-state index contributed by atoms with van der Waals surface area (Å²) in [5.41, 5.74) is 8.69. The number of aryl methyl sites for hydroxylation is 2. The summed E-state index contributed by atoms with van der Waals surface area (Å²) in [4.78, 5) is 8.77. The Bertz CT molecular complexity index is 530. The molecule has 0 aliphatic carbocycles. The molecule has 0 amide bonds. The van der Waals surface area contributed by atoms with Crippen molar-refractivity contribution >= 4 is 5.82 Å². The molecule has 0 saturated heterocycles. The molecule has 0 atom stereocenters. The van der Waals surface area contributed by atoms with Crippen molar-refractivity contribution in [2.45, 2.75) is 33.7 Å². The van der Waals surface area contributed by atoms with E-state index in [0.29, 0.717) is 5.82 Å². The maximum atomic E-state index is 5.90. The summed E-state index contributed by atoms with van der Waals surface area (Å²) >= 11 is 0. The molecule has 2 N–H and O–H groups in total. The molecule has 5 heteroatoms. The van der Waals surface area contributed by atoms with Crippen LogP contribution in [0.25, 0.3) is 11.3 Å². The van der Waals surface area contributed by atoms with Gasteiger partial charge in [0.1, 0.15) is 11.6 Å². The highest BCUT2D eigenvalue weighted by atomic mass is 15.3. The summed E-state index contributed by atoms with van der Waals surface area (Å²) in [6, 6.07) is 0. The van der Waals surface area contributed by atoms with Crippen LogP contribution in [-0.4, -0.2) is 19.7 Å². The summed E-state index contributed by atoms with van der Waals surface area (Å²) in [6.45, 7) is 6.85. The minimum absolute atomic E-state index is 0.552. The van der Waals surface area contributed by atoms with E-state index < -0.39 is 0 Å². The molecule has 0 radical (unpaired) electrons. The van der Waals surface area contributed by atoms with Crippen LogP contribution in [0.2, 0.25) is 0 Å². The summed E-state index contributed by atoms with van der Waals surface area (Å²) in [5.74, 6) is 1.32. The maximum absolute atomic E-state index is 5.90. The summed E-state index contributed by atoms with van der Waals surface area (Å²) < 4.78 is 1.87. The van der Waals surface area contributed by atoms with Crippen molar-refractivity contribution < 1.29 is 0 Å². The fourth-order valence-electron chi connectivity index (χ4n) is 1.68. The summed E-state index contributed by atoms with van der Waals surface area (Å²) in [7, 11) is 0. The average Bonchev–Trinajstić information content (AvgIpc) is 2.81. The normalized spacial score (nSPS) is 10.8. The van der Waals surface area contributed by atoms with Gasteiger partial charge in [-0.2, -0.15) is 5.10 Å². The zero-order valence-electron chi connectivity index (χ0n) is 10.4. The van der Waals surface area contributed by atoms with E-state index in [0.717, 1.165) is 35.6 Å². The molecule has 2 aromatic rings. The second-order valence-electron chi connectivity index (χ2n) is 3.94. The molecule has 5 nitrogen and oxygen atoms in total. The van der Waals surface area contributed by atoms with Gasteiger partial charge in [-0.05, 0) is 13.8 Å². The number of rotatable bonds is 3. The molecule has 0 aliphatic heterocycles. The van der Waals surface area contributed by atoms with Gasteiger partial charge in [0.15, 0.2) is 0 Å². The quantitative estimate of drug-likeness (QED) is 0.874. The third kappa shape index (κ3) is 2.13. The number of aromatic nitrogens is 4. The maximum Gasteiger partial charge on any atom is 0.131 e. The third-order valence-electron chi connectivity index (χ3n) is 2.78. The van der Waals surface area contributed by atoms with Crippen molar-refractivity contribution in [1.82, 2.24) is 19.7 Å². The molecule has 17 heavy (non-hydrogen) atoms. The molecule has 0 saturated carbocycles. The molecule has 2 heterocycles. The van der Waals surface area contributed by atoms with Gasteiger partial charge in [-0.15, -0.1) is 0 Å². The lowest BCUT2D eigenvalue weighted by molar-refractivity contribution is 0.660. The number of hydrogen-bond donors (Lipinski definition) is 1. The van der Waals surface area contributed by atoms with E-state index in [1.54, 1.807) is 0 Å². The van der Waals surface area contributed by atoms with E-state index in [2.05, 4.69) is 22.0 Å². The lowest BCUT2D eigenvalue weighted by atomic mass is 10.1. The van der Waals surface area contributed by atoms with Crippen molar-refractivity contribution in [1.29, 1.82) is 0 Å². The highest BCUT2D eigenvalue weighted by Crippen LogP contribution is 2.23. The van der Waals surface area contributed by atoms with Crippen LogP contribution in [0.4, 0.5) is 5.82 Å². The van der Waals surface area contributed by atoms with Gasteiger partial charge in [0.2, 0.25) is 0 Å². The summed E-state index contributed by atoms with van der Waals surface area (Å²) in [6.07, 6.45) is 4.57. The molecule has 2 aromatic heterocycles. The molecule has 90 valence electrons. The van der Waals surface area contributed by atoms with Crippen LogP contribution in [0.1, 0.15) is 25.2 Å². The van der Waals surface area contributed by atoms with Gasteiger partial charge in [0.25, 0.3) is 0 Å². The van der Waals surface area contributed by atoms with Crippen molar-refractivity contribution in [2.24, 2.45) is 0 Å². The first kappa shape index (κ1) is 11.6. The fourth-order valence-corrected chi connectivity index (χ4v) is 1.68. The Labute approximate surface area is 101 Å². The van der Waals surface area contributed by atoms with Gasteiger partial charge < -0.3 is 5.73 Å². The largest absolute Gasteiger partial charge is 0.383 e. The van der Waals surface area contributed by atoms with Gasteiger partial charge in [0.05, 0.1) is 11.9 Å². The Balaban J connectivity index is 2.53. The van der Waals surface area contributed by atoms with Crippen molar-refractivity contribution in [2.75, 3.05) is 5.73 Å². The first-order valence-corrected chi connectivity index (χ1v) is 5.81. The number of nitrogens with zero attached hydrogens (tertiary/aromatic N) is 4. The number of anilines is 1. The predicted octanol–water partition coefficient (Wildman–Crippen LogP) is 1.81. The highest BCUT2D eigenvalue weighted by molar-refractivity contribution is 5.65. The summed E-state index contributed by atoms with van der Waals surface area (Å²) in [5, 5.41) is 4.25. The van der Waals surface area contributed by atoms with E-state index in [1.807, 2.05) is 30.9 Å². The zero-order chi connectivity index (χ0) is 12.4. The van der Waals surface area contributed by atoms with Gasteiger partial charge in [-0.3, -0.25) is 4.68 Å². The van der Waals surface area contributed by atoms with Crippen LogP contribution >= 0.6 is 0 Å². The van der Waals surface area contributed by atoms with E-state index in [4.69, 9.17) is 5.73 Å². The minimum atomic E-state index is 0.552. The van der Waals surface area contributed by atoms with Crippen LogP contribution in [0.3, 0.4) is 0 Å². The zero-order valence-corrected chi connectivity index (χ0v) is 10.4.